The number of rotatable bonds is 2. The fraction of sp³-hybridized carbons (Fsp3) is 0.200. The molecule has 0 saturated carbocycles. The SMILES string of the molecule is N#Cc1ccc(N2CCc3c(sc(N)c3C#N)C2)c([N+](=O)[O-])c1. The summed E-state index contributed by atoms with van der Waals surface area (Å²) < 4.78 is 0. The van der Waals surface area contributed by atoms with Gasteiger partial charge in [0.2, 0.25) is 0 Å². The molecule has 1 aromatic heterocycles. The molecule has 0 bridgehead atoms. The third kappa shape index (κ3) is 2.45. The number of nitrogens with two attached hydrogens (primary N) is 1. The second-order valence-corrected chi connectivity index (χ2v) is 6.24. The van der Waals surface area contributed by atoms with Crippen LogP contribution in [0.2, 0.25) is 0 Å². The Labute approximate surface area is 135 Å². The lowest BCUT2D eigenvalue weighted by atomic mass is 10.0. The van der Waals surface area contributed by atoms with E-state index in [9.17, 15) is 10.1 Å². The Morgan fingerprint density at radius 3 is 2.78 bits per heavy atom. The van der Waals surface area contributed by atoms with Gasteiger partial charge in [0.15, 0.2) is 0 Å². The van der Waals surface area contributed by atoms with Gasteiger partial charge in [-0.2, -0.15) is 10.5 Å². The summed E-state index contributed by atoms with van der Waals surface area (Å²) in [7, 11) is 0. The summed E-state index contributed by atoms with van der Waals surface area (Å²) in [5, 5.41) is 29.9. The van der Waals surface area contributed by atoms with E-state index in [0.29, 0.717) is 35.8 Å². The molecule has 0 radical (unpaired) electrons. The van der Waals surface area contributed by atoms with Gasteiger partial charge in [-0.1, -0.05) is 0 Å². The van der Waals surface area contributed by atoms with Gasteiger partial charge < -0.3 is 10.6 Å². The minimum absolute atomic E-state index is 0.0856. The molecule has 0 spiro atoms. The second-order valence-electron chi connectivity index (χ2n) is 5.10. The number of thiophene rings is 1. The first-order valence-electron chi connectivity index (χ1n) is 6.78. The zero-order valence-electron chi connectivity index (χ0n) is 11.9. The first-order chi connectivity index (χ1) is 11.0. The highest BCUT2D eigenvalue weighted by atomic mass is 32.1. The van der Waals surface area contributed by atoms with Crippen molar-refractivity contribution >= 4 is 27.7 Å². The van der Waals surface area contributed by atoms with Crippen molar-refractivity contribution in [2.45, 2.75) is 13.0 Å². The molecule has 0 atom stereocenters. The van der Waals surface area contributed by atoms with Crippen LogP contribution in [0, 0.1) is 32.8 Å². The van der Waals surface area contributed by atoms with Gasteiger partial charge in [0.05, 0.1) is 28.7 Å². The normalized spacial score (nSPS) is 13.0. The molecule has 8 heteroatoms. The van der Waals surface area contributed by atoms with Crippen LogP contribution in [-0.4, -0.2) is 11.5 Å². The molecule has 114 valence electrons. The zero-order valence-corrected chi connectivity index (χ0v) is 12.8. The lowest BCUT2D eigenvalue weighted by molar-refractivity contribution is -0.384. The van der Waals surface area contributed by atoms with Crippen molar-refractivity contribution in [1.82, 2.24) is 0 Å². The maximum absolute atomic E-state index is 11.3. The Hall–Kier alpha value is -3.10. The molecule has 0 unspecified atom stereocenters. The van der Waals surface area contributed by atoms with Gasteiger partial charge in [-0.3, -0.25) is 10.1 Å². The number of nitro benzene ring substituents is 1. The molecule has 7 nitrogen and oxygen atoms in total. The van der Waals surface area contributed by atoms with E-state index in [2.05, 4.69) is 6.07 Å². The van der Waals surface area contributed by atoms with Crippen molar-refractivity contribution in [2.24, 2.45) is 0 Å². The Morgan fingerprint density at radius 1 is 1.35 bits per heavy atom. The van der Waals surface area contributed by atoms with Crippen molar-refractivity contribution in [3.63, 3.8) is 0 Å². The van der Waals surface area contributed by atoms with Crippen molar-refractivity contribution < 1.29 is 4.92 Å². The molecule has 2 heterocycles. The summed E-state index contributed by atoms with van der Waals surface area (Å²) >= 11 is 1.35. The molecule has 2 N–H and O–H groups in total. The maximum atomic E-state index is 11.3. The monoisotopic (exact) mass is 325 g/mol. The molecule has 23 heavy (non-hydrogen) atoms. The Bertz CT molecular complexity index is 890. The van der Waals surface area contributed by atoms with Crippen LogP contribution >= 0.6 is 11.3 Å². The molecule has 0 saturated heterocycles. The summed E-state index contributed by atoms with van der Waals surface area (Å²) in [5.41, 5.74) is 7.98. The van der Waals surface area contributed by atoms with Gasteiger partial charge in [-0.05, 0) is 24.1 Å². The van der Waals surface area contributed by atoms with Gasteiger partial charge in [0, 0.05) is 17.5 Å². The maximum Gasteiger partial charge on any atom is 0.293 e. The highest BCUT2D eigenvalue weighted by Gasteiger charge is 2.27. The quantitative estimate of drug-likeness (QED) is 0.669. The van der Waals surface area contributed by atoms with Crippen molar-refractivity contribution in [1.29, 1.82) is 10.5 Å². The number of anilines is 2. The minimum atomic E-state index is -0.477. The number of fused-ring (bicyclic) bond motifs is 1. The number of benzene rings is 1. The molecule has 0 amide bonds. The number of nitriles is 2. The van der Waals surface area contributed by atoms with Crippen LogP contribution in [0.5, 0.6) is 0 Å². The average Bonchev–Trinajstić information content (AvgIpc) is 2.88. The molecule has 2 aromatic rings. The molecular weight excluding hydrogens is 314 g/mol. The highest BCUT2D eigenvalue weighted by Crippen LogP contribution is 2.38. The highest BCUT2D eigenvalue weighted by molar-refractivity contribution is 7.16. The molecule has 3 rings (SSSR count). The van der Waals surface area contributed by atoms with E-state index in [-0.39, 0.29) is 11.3 Å². The van der Waals surface area contributed by atoms with Crippen LogP contribution in [0.4, 0.5) is 16.4 Å². The predicted molar refractivity (Wildman–Crippen MR) is 86.0 cm³/mol. The van der Waals surface area contributed by atoms with Crippen LogP contribution in [0.15, 0.2) is 18.2 Å². The number of hydrogen-bond acceptors (Lipinski definition) is 7. The predicted octanol–water partition coefficient (Wildman–Crippen LogP) is 2.54. The Kier molecular flexibility index (Phi) is 3.61. The molecular formula is C15H11N5O2S. The summed E-state index contributed by atoms with van der Waals surface area (Å²) in [6.07, 6.45) is 0.614. The minimum Gasteiger partial charge on any atom is -0.389 e. The summed E-state index contributed by atoms with van der Waals surface area (Å²) in [6.45, 7) is 1.03. The van der Waals surface area contributed by atoms with Crippen molar-refractivity contribution in [3.05, 3.63) is 49.9 Å². The molecule has 1 aliphatic heterocycles. The van der Waals surface area contributed by atoms with Crippen LogP contribution in [0.25, 0.3) is 0 Å². The van der Waals surface area contributed by atoms with Crippen molar-refractivity contribution in [2.75, 3.05) is 17.2 Å². The first kappa shape index (κ1) is 14.8. The third-order valence-corrected chi connectivity index (χ3v) is 4.88. The summed E-state index contributed by atoms with van der Waals surface area (Å²) in [6, 6.07) is 8.50. The first-order valence-corrected chi connectivity index (χ1v) is 7.60. The van der Waals surface area contributed by atoms with E-state index < -0.39 is 4.92 Å². The summed E-state index contributed by atoms with van der Waals surface area (Å²) in [4.78, 5) is 13.7. The average molecular weight is 325 g/mol. The zero-order chi connectivity index (χ0) is 16.6. The van der Waals surface area contributed by atoms with E-state index in [1.807, 2.05) is 11.0 Å². The van der Waals surface area contributed by atoms with Crippen LogP contribution in [-0.2, 0) is 13.0 Å². The van der Waals surface area contributed by atoms with Crippen molar-refractivity contribution in [3.8, 4) is 12.1 Å². The number of nitrogen functional groups attached to an aromatic ring is 1. The standard InChI is InChI=1S/C15H11N5O2S/c16-6-9-1-2-12(13(5-9)20(21)22)19-4-3-10-11(7-17)15(18)23-14(10)8-19/h1-2,5H,3-4,8,18H2. The van der Waals surface area contributed by atoms with E-state index in [4.69, 9.17) is 16.3 Å². The van der Waals surface area contributed by atoms with Crippen LogP contribution in [0.1, 0.15) is 21.6 Å². The van der Waals surface area contributed by atoms with Gasteiger partial charge in [-0.15, -0.1) is 11.3 Å². The number of nitro groups is 1. The number of hydrogen-bond donors (Lipinski definition) is 1. The molecule has 0 aliphatic carbocycles. The van der Waals surface area contributed by atoms with Gasteiger partial charge in [0.1, 0.15) is 16.8 Å². The lowest BCUT2D eigenvalue weighted by Gasteiger charge is -2.28. The van der Waals surface area contributed by atoms with E-state index in [1.54, 1.807) is 12.1 Å². The topological polar surface area (TPSA) is 120 Å². The Balaban J connectivity index is 2.00. The Morgan fingerprint density at radius 2 is 2.13 bits per heavy atom. The second kappa shape index (κ2) is 5.59. The fourth-order valence-corrected chi connectivity index (χ4v) is 3.84. The number of nitrogens with zero attached hydrogens (tertiary/aromatic N) is 4. The third-order valence-electron chi connectivity index (χ3n) is 3.84. The summed E-state index contributed by atoms with van der Waals surface area (Å²) in [5.74, 6) is 0. The molecule has 0 fully saturated rings. The van der Waals surface area contributed by atoms with E-state index in [1.165, 1.54) is 17.4 Å². The van der Waals surface area contributed by atoms with E-state index >= 15 is 0 Å². The van der Waals surface area contributed by atoms with Gasteiger partial charge in [-0.25, -0.2) is 0 Å². The largest absolute Gasteiger partial charge is 0.389 e. The van der Waals surface area contributed by atoms with Crippen LogP contribution < -0.4 is 10.6 Å². The van der Waals surface area contributed by atoms with Crippen LogP contribution in [0.3, 0.4) is 0 Å². The lowest BCUT2D eigenvalue weighted by Crippen LogP contribution is -2.30. The van der Waals surface area contributed by atoms with Gasteiger partial charge >= 0.3 is 0 Å². The van der Waals surface area contributed by atoms with Gasteiger partial charge in [0.25, 0.3) is 5.69 Å². The molecule has 1 aromatic carbocycles. The smallest absolute Gasteiger partial charge is 0.293 e. The molecule has 1 aliphatic rings. The fourth-order valence-electron chi connectivity index (χ4n) is 2.76. The van der Waals surface area contributed by atoms with E-state index in [0.717, 1.165) is 10.4 Å².